The van der Waals surface area contributed by atoms with Crippen molar-refractivity contribution in [1.29, 1.82) is 0 Å². The SMILES string of the molecule is O=C(c1cc[nH]c1)N1CCCN(C(=O)c2ccc(F)cc2F)CC1. The summed E-state index contributed by atoms with van der Waals surface area (Å²) in [5.41, 5.74) is 0.418. The van der Waals surface area contributed by atoms with Crippen molar-refractivity contribution in [2.75, 3.05) is 26.2 Å². The lowest BCUT2D eigenvalue weighted by atomic mass is 10.1. The van der Waals surface area contributed by atoms with E-state index in [2.05, 4.69) is 4.98 Å². The number of nitrogens with zero attached hydrogens (tertiary/aromatic N) is 2. The fourth-order valence-corrected chi connectivity index (χ4v) is 2.80. The molecule has 2 aromatic rings. The van der Waals surface area contributed by atoms with E-state index in [0.29, 0.717) is 44.2 Å². The average molecular weight is 333 g/mol. The Morgan fingerprint density at radius 1 is 0.958 bits per heavy atom. The van der Waals surface area contributed by atoms with Gasteiger partial charge in [0, 0.05) is 44.6 Å². The van der Waals surface area contributed by atoms with Crippen LogP contribution < -0.4 is 0 Å². The molecule has 1 aromatic carbocycles. The molecule has 1 N–H and O–H groups in total. The van der Waals surface area contributed by atoms with Crippen LogP contribution in [0.2, 0.25) is 0 Å². The van der Waals surface area contributed by atoms with Crippen LogP contribution in [0.4, 0.5) is 8.78 Å². The van der Waals surface area contributed by atoms with E-state index in [1.54, 1.807) is 23.4 Å². The average Bonchev–Trinajstić information content (AvgIpc) is 2.98. The monoisotopic (exact) mass is 333 g/mol. The van der Waals surface area contributed by atoms with Gasteiger partial charge in [-0.25, -0.2) is 8.78 Å². The van der Waals surface area contributed by atoms with E-state index < -0.39 is 17.5 Å². The fourth-order valence-electron chi connectivity index (χ4n) is 2.80. The fraction of sp³-hybridized carbons (Fsp3) is 0.294. The molecule has 5 nitrogen and oxygen atoms in total. The first kappa shape index (κ1) is 16.2. The molecule has 2 heterocycles. The lowest BCUT2D eigenvalue weighted by Crippen LogP contribution is -2.37. The van der Waals surface area contributed by atoms with Crippen molar-refractivity contribution in [2.24, 2.45) is 0 Å². The summed E-state index contributed by atoms with van der Waals surface area (Å²) in [6.07, 6.45) is 3.91. The third kappa shape index (κ3) is 3.29. The van der Waals surface area contributed by atoms with Crippen LogP contribution >= 0.6 is 0 Å². The molecule has 1 fully saturated rings. The molecule has 0 bridgehead atoms. The molecule has 1 aromatic heterocycles. The Morgan fingerprint density at radius 3 is 2.29 bits per heavy atom. The van der Waals surface area contributed by atoms with Gasteiger partial charge >= 0.3 is 0 Å². The molecule has 2 amide bonds. The number of nitrogens with one attached hydrogen (secondary N) is 1. The molecule has 1 aliphatic rings. The van der Waals surface area contributed by atoms with Gasteiger partial charge in [0.2, 0.25) is 0 Å². The van der Waals surface area contributed by atoms with Gasteiger partial charge in [-0.15, -0.1) is 0 Å². The zero-order valence-corrected chi connectivity index (χ0v) is 13.0. The smallest absolute Gasteiger partial charge is 0.256 e. The molecule has 126 valence electrons. The minimum Gasteiger partial charge on any atom is -0.367 e. The minimum atomic E-state index is -0.871. The van der Waals surface area contributed by atoms with Gasteiger partial charge in [-0.1, -0.05) is 0 Å². The van der Waals surface area contributed by atoms with Crippen molar-refractivity contribution in [2.45, 2.75) is 6.42 Å². The topological polar surface area (TPSA) is 56.4 Å². The van der Waals surface area contributed by atoms with E-state index in [1.165, 1.54) is 4.90 Å². The zero-order valence-electron chi connectivity index (χ0n) is 13.0. The van der Waals surface area contributed by atoms with Crippen LogP contribution in [-0.2, 0) is 0 Å². The predicted octanol–water partition coefficient (Wildman–Crippen LogP) is 2.28. The summed E-state index contributed by atoms with van der Waals surface area (Å²) in [7, 11) is 0. The molecule has 0 aliphatic carbocycles. The lowest BCUT2D eigenvalue weighted by Gasteiger charge is -2.22. The Kier molecular flexibility index (Phi) is 4.59. The van der Waals surface area contributed by atoms with E-state index in [-0.39, 0.29) is 11.5 Å². The van der Waals surface area contributed by atoms with E-state index in [4.69, 9.17) is 0 Å². The normalized spacial score (nSPS) is 15.2. The number of H-pyrrole nitrogens is 1. The highest BCUT2D eigenvalue weighted by molar-refractivity contribution is 5.95. The van der Waals surface area contributed by atoms with Gasteiger partial charge in [0.15, 0.2) is 0 Å². The predicted molar refractivity (Wildman–Crippen MR) is 83.6 cm³/mol. The summed E-state index contributed by atoms with van der Waals surface area (Å²) < 4.78 is 26.8. The maximum absolute atomic E-state index is 13.8. The van der Waals surface area contributed by atoms with Crippen molar-refractivity contribution in [3.63, 3.8) is 0 Å². The Balaban J connectivity index is 1.69. The molecular formula is C17H17F2N3O2. The van der Waals surface area contributed by atoms with Crippen molar-refractivity contribution >= 4 is 11.8 Å². The molecule has 0 radical (unpaired) electrons. The van der Waals surface area contributed by atoms with Crippen LogP contribution in [0.15, 0.2) is 36.7 Å². The highest BCUT2D eigenvalue weighted by Gasteiger charge is 2.25. The van der Waals surface area contributed by atoms with E-state index >= 15 is 0 Å². The van der Waals surface area contributed by atoms with E-state index in [0.717, 1.165) is 12.1 Å². The highest BCUT2D eigenvalue weighted by Crippen LogP contribution is 2.15. The molecule has 3 rings (SSSR count). The van der Waals surface area contributed by atoms with Crippen molar-refractivity contribution < 1.29 is 18.4 Å². The second-order valence-corrected chi connectivity index (χ2v) is 5.66. The molecule has 1 saturated heterocycles. The number of carbonyl (C=O) groups excluding carboxylic acids is 2. The van der Waals surface area contributed by atoms with Crippen molar-refractivity contribution in [3.05, 3.63) is 59.4 Å². The van der Waals surface area contributed by atoms with Crippen molar-refractivity contribution in [1.82, 2.24) is 14.8 Å². The zero-order chi connectivity index (χ0) is 17.1. The quantitative estimate of drug-likeness (QED) is 0.917. The summed E-state index contributed by atoms with van der Waals surface area (Å²) in [6, 6.07) is 4.62. The summed E-state index contributed by atoms with van der Waals surface area (Å²) in [5.74, 6) is -2.17. The van der Waals surface area contributed by atoms with Crippen LogP contribution in [0, 0.1) is 11.6 Å². The molecular weight excluding hydrogens is 316 g/mol. The number of aromatic nitrogens is 1. The molecule has 24 heavy (non-hydrogen) atoms. The van der Waals surface area contributed by atoms with Crippen LogP contribution in [0.25, 0.3) is 0 Å². The third-order valence-corrected chi connectivity index (χ3v) is 4.08. The van der Waals surface area contributed by atoms with Crippen LogP contribution in [0.1, 0.15) is 27.1 Å². The first-order valence-corrected chi connectivity index (χ1v) is 7.72. The summed E-state index contributed by atoms with van der Waals surface area (Å²) in [6.45, 7) is 1.64. The molecule has 0 saturated carbocycles. The second kappa shape index (κ2) is 6.82. The van der Waals surface area contributed by atoms with Gasteiger partial charge in [0.1, 0.15) is 11.6 Å². The molecule has 0 unspecified atom stereocenters. The number of aromatic amines is 1. The maximum Gasteiger partial charge on any atom is 0.256 e. The Labute approximate surface area is 137 Å². The summed E-state index contributed by atoms with van der Waals surface area (Å²) in [5, 5.41) is 0. The molecule has 0 atom stereocenters. The third-order valence-electron chi connectivity index (χ3n) is 4.08. The van der Waals surface area contributed by atoms with E-state index in [9.17, 15) is 18.4 Å². The summed E-state index contributed by atoms with van der Waals surface area (Å²) in [4.78, 5) is 30.8. The Morgan fingerprint density at radius 2 is 1.67 bits per heavy atom. The van der Waals surface area contributed by atoms with Crippen molar-refractivity contribution in [3.8, 4) is 0 Å². The lowest BCUT2D eigenvalue weighted by molar-refractivity contribution is 0.0716. The largest absolute Gasteiger partial charge is 0.367 e. The Bertz CT molecular complexity index is 746. The first-order valence-electron chi connectivity index (χ1n) is 7.72. The summed E-state index contributed by atoms with van der Waals surface area (Å²) >= 11 is 0. The number of halogens is 2. The number of carbonyl (C=O) groups is 2. The van der Waals surface area contributed by atoms with Crippen LogP contribution in [0.5, 0.6) is 0 Å². The molecule has 0 spiro atoms. The van der Waals surface area contributed by atoms with Crippen LogP contribution in [0.3, 0.4) is 0 Å². The number of benzene rings is 1. The molecule has 1 aliphatic heterocycles. The standard InChI is InChI=1S/C17H17F2N3O2/c18-13-2-3-14(15(19)10-13)17(24)22-7-1-6-21(8-9-22)16(23)12-4-5-20-11-12/h2-5,10-11,20H,1,6-9H2. The van der Waals surface area contributed by atoms with Gasteiger partial charge in [-0.3, -0.25) is 9.59 Å². The second-order valence-electron chi connectivity index (χ2n) is 5.66. The van der Waals surface area contributed by atoms with Gasteiger partial charge in [-0.2, -0.15) is 0 Å². The molecule has 7 heteroatoms. The maximum atomic E-state index is 13.8. The van der Waals surface area contributed by atoms with Crippen LogP contribution in [-0.4, -0.2) is 52.8 Å². The number of rotatable bonds is 2. The van der Waals surface area contributed by atoms with Gasteiger partial charge < -0.3 is 14.8 Å². The number of hydrogen-bond acceptors (Lipinski definition) is 2. The highest BCUT2D eigenvalue weighted by atomic mass is 19.1. The van der Waals surface area contributed by atoms with E-state index in [1.807, 2.05) is 0 Å². The number of amides is 2. The minimum absolute atomic E-state index is 0.0986. The van der Waals surface area contributed by atoms with Gasteiger partial charge in [0.05, 0.1) is 11.1 Å². The van der Waals surface area contributed by atoms with Gasteiger partial charge in [-0.05, 0) is 24.6 Å². The number of hydrogen-bond donors (Lipinski definition) is 1. The van der Waals surface area contributed by atoms with Gasteiger partial charge in [0.25, 0.3) is 11.8 Å². The Hall–Kier alpha value is -2.70. The first-order chi connectivity index (χ1) is 11.6.